The predicted molar refractivity (Wildman–Crippen MR) is 115 cm³/mol. The number of Topliss-reactive ketones (excluding diaryl/α,β-unsaturated/α-hetero) is 1. The summed E-state index contributed by atoms with van der Waals surface area (Å²) in [6, 6.07) is 8.47. The summed E-state index contributed by atoms with van der Waals surface area (Å²) in [6.07, 6.45) is 8.11. The van der Waals surface area contributed by atoms with Crippen molar-refractivity contribution in [3.8, 4) is 0 Å². The number of fused-ring (bicyclic) bond motifs is 1. The SMILES string of the molecule is O=C1CCc2cnc(Nc3ccc(N4CCNCC4)cc3)nc2C1C1CCCC1. The van der Waals surface area contributed by atoms with Gasteiger partial charge in [-0.2, -0.15) is 0 Å². The minimum Gasteiger partial charge on any atom is -0.369 e. The molecule has 0 spiro atoms. The summed E-state index contributed by atoms with van der Waals surface area (Å²) in [6.45, 7) is 4.14. The Kier molecular flexibility index (Phi) is 5.19. The van der Waals surface area contributed by atoms with E-state index in [0.29, 0.717) is 24.1 Å². The Labute approximate surface area is 172 Å². The van der Waals surface area contributed by atoms with E-state index in [1.165, 1.54) is 18.5 Å². The van der Waals surface area contributed by atoms with E-state index in [1.807, 2.05) is 6.20 Å². The number of nitrogens with zero attached hydrogens (tertiary/aromatic N) is 3. The molecule has 0 amide bonds. The number of piperazine rings is 1. The number of aryl methyl sites for hydroxylation is 1. The van der Waals surface area contributed by atoms with Crippen molar-refractivity contribution < 1.29 is 4.79 Å². The van der Waals surface area contributed by atoms with E-state index < -0.39 is 0 Å². The summed E-state index contributed by atoms with van der Waals surface area (Å²) < 4.78 is 0. The minimum absolute atomic E-state index is 0.0279. The van der Waals surface area contributed by atoms with Crippen LogP contribution in [0.2, 0.25) is 0 Å². The van der Waals surface area contributed by atoms with E-state index in [1.54, 1.807) is 0 Å². The van der Waals surface area contributed by atoms with Gasteiger partial charge in [0.2, 0.25) is 5.95 Å². The maximum Gasteiger partial charge on any atom is 0.227 e. The Morgan fingerprint density at radius 2 is 1.79 bits per heavy atom. The van der Waals surface area contributed by atoms with Crippen molar-refractivity contribution >= 4 is 23.1 Å². The summed E-state index contributed by atoms with van der Waals surface area (Å²) in [5, 5.41) is 6.73. The molecule has 1 saturated heterocycles. The number of hydrogen-bond donors (Lipinski definition) is 2. The van der Waals surface area contributed by atoms with E-state index >= 15 is 0 Å². The number of rotatable bonds is 4. The molecule has 2 fully saturated rings. The number of benzene rings is 1. The first-order valence-electron chi connectivity index (χ1n) is 11.0. The highest BCUT2D eigenvalue weighted by Crippen LogP contribution is 2.41. The first-order valence-corrected chi connectivity index (χ1v) is 11.0. The van der Waals surface area contributed by atoms with Gasteiger partial charge in [-0.15, -0.1) is 0 Å². The van der Waals surface area contributed by atoms with Gasteiger partial charge in [-0.25, -0.2) is 9.97 Å². The summed E-state index contributed by atoms with van der Waals surface area (Å²) in [7, 11) is 0. The molecule has 2 aromatic rings. The summed E-state index contributed by atoms with van der Waals surface area (Å²) in [5.41, 5.74) is 4.35. The third-order valence-electron chi connectivity index (χ3n) is 6.66. The Balaban J connectivity index is 1.35. The smallest absolute Gasteiger partial charge is 0.227 e. The predicted octanol–water partition coefficient (Wildman–Crippen LogP) is 3.42. The number of hydrogen-bond acceptors (Lipinski definition) is 6. The first kappa shape index (κ1) is 18.6. The number of carbonyl (C=O) groups is 1. The lowest BCUT2D eigenvalue weighted by Crippen LogP contribution is -2.43. The van der Waals surface area contributed by atoms with Crippen molar-refractivity contribution in [1.29, 1.82) is 0 Å². The van der Waals surface area contributed by atoms with Crippen LogP contribution < -0.4 is 15.5 Å². The lowest BCUT2D eigenvalue weighted by molar-refractivity contribution is -0.122. The second kappa shape index (κ2) is 8.11. The average Bonchev–Trinajstić information content (AvgIpc) is 3.29. The zero-order chi connectivity index (χ0) is 19.6. The van der Waals surface area contributed by atoms with E-state index in [2.05, 4.69) is 44.8 Å². The zero-order valence-corrected chi connectivity index (χ0v) is 16.9. The molecule has 5 rings (SSSR count). The van der Waals surface area contributed by atoms with Gasteiger partial charge in [-0.05, 0) is 55.0 Å². The molecule has 1 aliphatic heterocycles. The van der Waals surface area contributed by atoms with Gasteiger partial charge in [-0.1, -0.05) is 12.8 Å². The second-order valence-electron chi connectivity index (χ2n) is 8.50. The molecule has 1 saturated carbocycles. The Morgan fingerprint density at radius 3 is 2.55 bits per heavy atom. The van der Waals surface area contributed by atoms with Crippen LogP contribution in [0.4, 0.5) is 17.3 Å². The molecular weight excluding hydrogens is 362 g/mol. The molecule has 3 aliphatic rings. The number of ketones is 1. The molecule has 6 nitrogen and oxygen atoms in total. The maximum absolute atomic E-state index is 12.7. The van der Waals surface area contributed by atoms with Gasteiger partial charge in [0.1, 0.15) is 5.78 Å². The summed E-state index contributed by atoms with van der Waals surface area (Å²) in [5.74, 6) is 1.40. The van der Waals surface area contributed by atoms with Crippen LogP contribution in [0.25, 0.3) is 0 Å². The molecule has 2 heterocycles. The zero-order valence-electron chi connectivity index (χ0n) is 16.9. The van der Waals surface area contributed by atoms with Crippen molar-refractivity contribution in [3.63, 3.8) is 0 Å². The normalized spacial score (nSPS) is 22.6. The molecule has 2 aliphatic carbocycles. The number of carbonyl (C=O) groups excluding carboxylic acids is 1. The topological polar surface area (TPSA) is 70.2 Å². The number of aromatic nitrogens is 2. The Morgan fingerprint density at radius 1 is 1.03 bits per heavy atom. The third-order valence-corrected chi connectivity index (χ3v) is 6.66. The van der Waals surface area contributed by atoms with Crippen molar-refractivity contribution in [3.05, 3.63) is 41.7 Å². The number of nitrogens with one attached hydrogen (secondary N) is 2. The van der Waals surface area contributed by atoms with Crippen molar-refractivity contribution in [2.45, 2.75) is 44.4 Å². The Bertz CT molecular complexity index is 869. The van der Waals surface area contributed by atoms with Crippen LogP contribution in [0, 0.1) is 5.92 Å². The lowest BCUT2D eigenvalue weighted by atomic mass is 9.77. The van der Waals surface area contributed by atoms with Crippen molar-refractivity contribution in [2.24, 2.45) is 5.92 Å². The molecule has 1 aromatic heterocycles. The number of anilines is 3. The fourth-order valence-corrected chi connectivity index (χ4v) is 5.09. The van der Waals surface area contributed by atoms with Gasteiger partial charge in [-0.3, -0.25) is 4.79 Å². The molecule has 1 atom stereocenters. The molecule has 2 N–H and O–H groups in total. The molecule has 152 valence electrons. The Hall–Kier alpha value is -2.47. The van der Waals surface area contributed by atoms with Crippen LogP contribution in [-0.4, -0.2) is 41.9 Å². The van der Waals surface area contributed by atoms with Crippen LogP contribution in [-0.2, 0) is 11.2 Å². The van der Waals surface area contributed by atoms with Gasteiger partial charge in [0.15, 0.2) is 0 Å². The molecule has 1 aromatic carbocycles. The van der Waals surface area contributed by atoms with Crippen molar-refractivity contribution in [2.75, 3.05) is 36.4 Å². The quantitative estimate of drug-likeness (QED) is 0.832. The van der Waals surface area contributed by atoms with Crippen molar-refractivity contribution in [1.82, 2.24) is 15.3 Å². The summed E-state index contributed by atoms with van der Waals surface area (Å²) in [4.78, 5) is 24.5. The van der Waals surface area contributed by atoms with Gasteiger partial charge in [0.05, 0.1) is 11.6 Å². The largest absolute Gasteiger partial charge is 0.369 e. The van der Waals surface area contributed by atoms with Gasteiger partial charge < -0.3 is 15.5 Å². The summed E-state index contributed by atoms with van der Waals surface area (Å²) >= 11 is 0. The van der Waals surface area contributed by atoms with E-state index in [-0.39, 0.29) is 5.92 Å². The van der Waals surface area contributed by atoms with E-state index in [4.69, 9.17) is 4.98 Å². The lowest BCUT2D eigenvalue weighted by Gasteiger charge is -2.29. The van der Waals surface area contributed by atoms with Crippen LogP contribution in [0.3, 0.4) is 0 Å². The third kappa shape index (κ3) is 3.86. The molecule has 29 heavy (non-hydrogen) atoms. The van der Waals surface area contributed by atoms with Gasteiger partial charge >= 0.3 is 0 Å². The molecule has 6 heteroatoms. The molecule has 0 radical (unpaired) electrons. The fourth-order valence-electron chi connectivity index (χ4n) is 5.09. The average molecular weight is 392 g/mol. The van der Waals surface area contributed by atoms with Crippen LogP contribution in [0.1, 0.15) is 49.3 Å². The standard InChI is InChI=1S/C23H29N5O/c29-20-10-5-17-15-25-23(27-22(17)21(20)16-3-1-2-4-16)26-18-6-8-19(9-7-18)28-13-11-24-12-14-28/h6-9,15-16,21,24H,1-5,10-14H2,(H,25,26,27). The fraction of sp³-hybridized carbons (Fsp3) is 0.522. The van der Waals surface area contributed by atoms with E-state index in [0.717, 1.165) is 62.4 Å². The molecule has 1 unspecified atom stereocenters. The van der Waals surface area contributed by atoms with E-state index in [9.17, 15) is 4.79 Å². The van der Waals surface area contributed by atoms with Crippen LogP contribution in [0.15, 0.2) is 30.5 Å². The maximum atomic E-state index is 12.7. The monoisotopic (exact) mass is 391 g/mol. The highest BCUT2D eigenvalue weighted by Gasteiger charge is 2.37. The molecule has 0 bridgehead atoms. The van der Waals surface area contributed by atoms with Gasteiger partial charge in [0, 0.05) is 50.2 Å². The first-order chi connectivity index (χ1) is 14.3. The molecular formula is C23H29N5O. The van der Waals surface area contributed by atoms with Crippen LogP contribution >= 0.6 is 0 Å². The second-order valence-corrected chi connectivity index (χ2v) is 8.50. The minimum atomic E-state index is -0.0279. The van der Waals surface area contributed by atoms with Gasteiger partial charge in [0.25, 0.3) is 0 Å². The van der Waals surface area contributed by atoms with Crippen LogP contribution in [0.5, 0.6) is 0 Å². The highest BCUT2D eigenvalue weighted by molar-refractivity contribution is 5.88. The highest BCUT2D eigenvalue weighted by atomic mass is 16.1.